The van der Waals surface area contributed by atoms with Crippen LogP contribution in [0.1, 0.15) is 36.1 Å². The molecule has 0 saturated heterocycles. The molecule has 1 aliphatic rings. The van der Waals surface area contributed by atoms with E-state index in [1.54, 1.807) is 6.20 Å². The smallest absolute Gasteiger partial charge is 0.316 e. The second-order valence-electron chi connectivity index (χ2n) is 5.42. The van der Waals surface area contributed by atoms with Gasteiger partial charge in [-0.1, -0.05) is 6.92 Å². The predicted octanol–water partition coefficient (Wildman–Crippen LogP) is -1.29. The van der Waals surface area contributed by atoms with Crippen molar-refractivity contribution in [3.63, 3.8) is 0 Å². The number of hydrogen-bond donors (Lipinski definition) is 3. The zero-order valence-electron chi connectivity index (χ0n) is 13.3. The van der Waals surface area contributed by atoms with Crippen molar-refractivity contribution in [2.24, 2.45) is 0 Å². The summed E-state index contributed by atoms with van der Waals surface area (Å²) < 4.78 is 0. The molecule has 3 N–H and O–H groups in total. The van der Waals surface area contributed by atoms with Crippen molar-refractivity contribution in [3.05, 3.63) is 45.4 Å². The van der Waals surface area contributed by atoms with E-state index < -0.39 is 0 Å². The zero-order valence-corrected chi connectivity index (χ0v) is 14.1. The van der Waals surface area contributed by atoms with E-state index in [1.807, 2.05) is 32.0 Å². The number of aromatic hydroxyl groups is 1. The summed E-state index contributed by atoms with van der Waals surface area (Å²) in [5, 5.41) is 13.2. The van der Waals surface area contributed by atoms with Crippen molar-refractivity contribution in [1.29, 1.82) is 0 Å². The minimum Gasteiger partial charge on any atom is -1.00 e. The molecule has 1 unspecified atom stereocenters. The quantitative estimate of drug-likeness (QED) is 0.603. The molecule has 1 aromatic rings. The van der Waals surface area contributed by atoms with Crippen LogP contribution in [0.2, 0.25) is 0 Å². The molecule has 0 aliphatic carbocycles. The predicted molar refractivity (Wildman–Crippen MR) is 84.0 cm³/mol. The van der Waals surface area contributed by atoms with Crippen molar-refractivity contribution in [2.75, 3.05) is 20.6 Å². The summed E-state index contributed by atoms with van der Waals surface area (Å²) >= 11 is 0. The SMILES string of the molecule is CCC(c1c(O)[nH]c(=O)c(C2=CCNC=[C+]2)c1C)N(C)C.[Cl-]. The van der Waals surface area contributed by atoms with Gasteiger partial charge in [-0.2, -0.15) is 0 Å². The normalized spacial score (nSPS) is 14.7. The van der Waals surface area contributed by atoms with Gasteiger partial charge in [-0.15, -0.1) is 0 Å². The number of H-pyrrole nitrogens is 1. The number of hydrogen-bond acceptors (Lipinski definition) is 4. The summed E-state index contributed by atoms with van der Waals surface area (Å²) in [7, 11) is 3.93. The highest BCUT2D eigenvalue weighted by atomic mass is 35.5. The lowest BCUT2D eigenvalue weighted by molar-refractivity contribution is -0.00000578. The first-order valence-electron chi connectivity index (χ1n) is 7.11. The van der Waals surface area contributed by atoms with Crippen LogP contribution in [0.15, 0.2) is 17.1 Å². The first-order chi connectivity index (χ1) is 9.97. The Bertz CT molecular complexity index is 648. The Hall–Kier alpha value is -1.81. The van der Waals surface area contributed by atoms with E-state index in [9.17, 15) is 9.90 Å². The average molecular weight is 324 g/mol. The number of allylic oxidation sites excluding steroid dienone is 2. The van der Waals surface area contributed by atoms with Gasteiger partial charge in [0.25, 0.3) is 0 Å². The fourth-order valence-electron chi connectivity index (χ4n) is 2.86. The minimum absolute atomic E-state index is 0. The van der Waals surface area contributed by atoms with Gasteiger partial charge in [0.1, 0.15) is 6.20 Å². The lowest BCUT2D eigenvalue weighted by Crippen LogP contribution is -3.00. The van der Waals surface area contributed by atoms with Crippen molar-refractivity contribution in [2.45, 2.75) is 26.3 Å². The Morgan fingerprint density at radius 1 is 1.45 bits per heavy atom. The van der Waals surface area contributed by atoms with Crippen LogP contribution in [-0.2, 0) is 0 Å². The van der Waals surface area contributed by atoms with Gasteiger partial charge in [-0.3, -0.25) is 9.78 Å². The molecule has 0 radical (unpaired) electrons. The Morgan fingerprint density at radius 3 is 2.64 bits per heavy atom. The van der Waals surface area contributed by atoms with Crippen LogP contribution in [-0.4, -0.2) is 35.6 Å². The maximum Gasteiger partial charge on any atom is 0.316 e. The summed E-state index contributed by atoms with van der Waals surface area (Å²) in [5.41, 5.74) is 2.66. The van der Waals surface area contributed by atoms with E-state index in [0.29, 0.717) is 12.1 Å². The van der Waals surface area contributed by atoms with Gasteiger partial charge in [-0.05, 0) is 27.4 Å². The number of dihydropyridines is 1. The lowest BCUT2D eigenvalue weighted by Gasteiger charge is -2.25. The molecule has 1 aliphatic heterocycles. The summed E-state index contributed by atoms with van der Waals surface area (Å²) in [5.74, 6) is -0.0414. The molecule has 5 nitrogen and oxygen atoms in total. The monoisotopic (exact) mass is 323 g/mol. The molecule has 2 heterocycles. The summed E-state index contributed by atoms with van der Waals surface area (Å²) in [4.78, 5) is 16.9. The summed E-state index contributed by atoms with van der Waals surface area (Å²) in [6.07, 6.45) is 7.54. The van der Waals surface area contributed by atoms with E-state index in [4.69, 9.17) is 0 Å². The van der Waals surface area contributed by atoms with Crippen LogP contribution in [0.3, 0.4) is 0 Å². The first kappa shape index (κ1) is 18.2. The Labute approximate surface area is 137 Å². The standard InChI is InChI=1S/C16H21N3O2.ClH/c1-5-12(19(3)4)14-10(2)13(15(20)18-16(14)21)11-6-8-17-9-7-11;/h6,9,12,17H,5,8H2,1-4H3,(H-,18,20,21);1H. The summed E-state index contributed by atoms with van der Waals surface area (Å²) in [6.45, 7) is 4.61. The first-order valence-corrected chi connectivity index (χ1v) is 7.11. The molecule has 120 valence electrons. The Morgan fingerprint density at radius 2 is 2.14 bits per heavy atom. The third-order valence-electron chi connectivity index (χ3n) is 3.86. The molecular weight excluding hydrogens is 302 g/mol. The van der Waals surface area contributed by atoms with Gasteiger partial charge in [-0.25, -0.2) is 0 Å². The molecule has 0 fully saturated rings. The van der Waals surface area contributed by atoms with Crippen molar-refractivity contribution in [1.82, 2.24) is 15.2 Å². The topological polar surface area (TPSA) is 68.4 Å². The van der Waals surface area contributed by atoms with Crippen LogP contribution in [0, 0.1) is 13.0 Å². The fraction of sp³-hybridized carbons (Fsp3) is 0.438. The van der Waals surface area contributed by atoms with Crippen molar-refractivity contribution in [3.8, 4) is 5.88 Å². The van der Waals surface area contributed by atoms with Crippen LogP contribution < -0.4 is 23.3 Å². The van der Waals surface area contributed by atoms with Crippen LogP contribution in [0.5, 0.6) is 5.88 Å². The molecule has 0 aromatic carbocycles. The highest BCUT2D eigenvalue weighted by Gasteiger charge is 2.28. The van der Waals surface area contributed by atoms with Gasteiger partial charge in [0.15, 0.2) is 11.4 Å². The minimum atomic E-state index is -0.281. The second-order valence-corrected chi connectivity index (χ2v) is 5.42. The largest absolute Gasteiger partial charge is 1.00 e. The van der Waals surface area contributed by atoms with E-state index in [2.05, 4.69) is 23.3 Å². The number of aromatic nitrogens is 1. The molecule has 6 heteroatoms. The highest BCUT2D eigenvalue weighted by Crippen LogP contribution is 2.33. The maximum atomic E-state index is 12.2. The number of aromatic amines is 1. The van der Waals surface area contributed by atoms with Gasteiger partial charge in [0.05, 0.1) is 18.7 Å². The van der Waals surface area contributed by atoms with Crippen molar-refractivity contribution < 1.29 is 17.5 Å². The molecule has 2 rings (SSSR count). The molecule has 1 atom stereocenters. The van der Waals surface area contributed by atoms with Crippen LogP contribution >= 0.6 is 0 Å². The van der Waals surface area contributed by atoms with Gasteiger partial charge in [0.2, 0.25) is 5.57 Å². The van der Waals surface area contributed by atoms with E-state index in [-0.39, 0.29) is 29.9 Å². The number of pyridine rings is 1. The summed E-state index contributed by atoms with van der Waals surface area (Å²) in [6, 6.07) is 0.0481. The fourth-order valence-corrected chi connectivity index (χ4v) is 2.86. The Kier molecular flexibility index (Phi) is 6.18. The van der Waals surface area contributed by atoms with Crippen molar-refractivity contribution >= 4 is 5.57 Å². The number of rotatable bonds is 4. The Balaban J connectivity index is 0.00000242. The van der Waals surface area contributed by atoms with E-state index in [0.717, 1.165) is 23.1 Å². The average Bonchev–Trinajstić information content (AvgIpc) is 2.43. The molecule has 0 spiro atoms. The number of nitrogens with zero attached hydrogens (tertiary/aromatic N) is 1. The second kappa shape index (κ2) is 7.45. The molecule has 1 aromatic heterocycles. The van der Waals surface area contributed by atoms with Gasteiger partial charge in [0, 0.05) is 17.2 Å². The number of halogens is 1. The molecule has 0 amide bonds. The molecule has 0 saturated carbocycles. The van der Waals surface area contributed by atoms with Gasteiger partial charge < -0.3 is 27.7 Å². The van der Waals surface area contributed by atoms with E-state index >= 15 is 0 Å². The molecule has 22 heavy (non-hydrogen) atoms. The highest BCUT2D eigenvalue weighted by molar-refractivity contribution is 5.74. The van der Waals surface area contributed by atoms with Gasteiger partial charge >= 0.3 is 5.56 Å². The van der Waals surface area contributed by atoms with Crippen LogP contribution in [0.25, 0.3) is 5.57 Å². The third kappa shape index (κ3) is 3.33. The zero-order chi connectivity index (χ0) is 15.6. The molecular formula is C16H22ClN3O2. The van der Waals surface area contributed by atoms with Crippen LogP contribution in [0.4, 0.5) is 0 Å². The molecule has 0 bridgehead atoms. The maximum absolute atomic E-state index is 12.2. The lowest BCUT2D eigenvalue weighted by atomic mass is 9.92. The van der Waals surface area contributed by atoms with E-state index in [1.165, 1.54) is 0 Å². The number of nitrogens with one attached hydrogen (secondary N) is 2. The third-order valence-corrected chi connectivity index (χ3v) is 3.86.